The summed E-state index contributed by atoms with van der Waals surface area (Å²) in [6, 6.07) is 9.58. The number of carbonyl (C=O) groups is 1. The fourth-order valence-corrected chi connectivity index (χ4v) is 3.24. The van der Waals surface area contributed by atoms with Crippen LogP contribution >= 0.6 is 0 Å². The third-order valence-electron chi connectivity index (χ3n) is 4.58. The summed E-state index contributed by atoms with van der Waals surface area (Å²) in [5.41, 5.74) is 1.11. The molecule has 0 N–H and O–H groups in total. The number of hydrogen-bond donors (Lipinski definition) is 0. The molecule has 1 aromatic heterocycles. The van der Waals surface area contributed by atoms with Gasteiger partial charge < -0.3 is 18.8 Å². The van der Waals surface area contributed by atoms with Gasteiger partial charge in [0.25, 0.3) is 0 Å². The Kier molecular flexibility index (Phi) is 5.08. The summed E-state index contributed by atoms with van der Waals surface area (Å²) in [7, 11) is 3.33. The van der Waals surface area contributed by atoms with E-state index >= 15 is 0 Å². The fourth-order valence-electron chi connectivity index (χ4n) is 3.24. The molecule has 0 spiro atoms. The lowest BCUT2D eigenvalue weighted by atomic mass is 9.97. The number of furan rings is 1. The number of benzene rings is 1. The Labute approximate surface area is 142 Å². The van der Waals surface area contributed by atoms with Crippen LogP contribution in [-0.4, -0.2) is 38.1 Å². The van der Waals surface area contributed by atoms with E-state index in [4.69, 9.17) is 13.9 Å². The first-order valence-corrected chi connectivity index (χ1v) is 8.23. The number of methoxy groups -OCH3 is 2. The van der Waals surface area contributed by atoms with Gasteiger partial charge in [-0.2, -0.15) is 0 Å². The second-order valence-electron chi connectivity index (χ2n) is 6.01. The van der Waals surface area contributed by atoms with Crippen LogP contribution in [0.15, 0.2) is 41.0 Å². The number of carbonyl (C=O) groups excluding carboxylic acids is 1. The molecule has 1 aliphatic rings. The minimum absolute atomic E-state index is 0.177. The minimum Gasteiger partial charge on any atom is -0.497 e. The van der Waals surface area contributed by atoms with Gasteiger partial charge in [0.05, 0.1) is 20.5 Å². The van der Waals surface area contributed by atoms with Crippen molar-refractivity contribution < 1.29 is 18.7 Å². The SMILES string of the molecule is COc1ccc(OC)c(C2CCN(C(=O)CCc3ccco3)C2)c1. The van der Waals surface area contributed by atoms with Crippen LogP contribution in [0.4, 0.5) is 0 Å². The zero-order chi connectivity index (χ0) is 16.9. The van der Waals surface area contributed by atoms with Crippen LogP contribution in [0.5, 0.6) is 11.5 Å². The number of aryl methyl sites for hydroxylation is 1. The third kappa shape index (κ3) is 3.55. The zero-order valence-electron chi connectivity index (χ0n) is 14.2. The first-order valence-electron chi connectivity index (χ1n) is 8.23. The maximum absolute atomic E-state index is 12.4. The van der Waals surface area contributed by atoms with Gasteiger partial charge in [0.1, 0.15) is 17.3 Å². The van der Waals surface area contributed by atoms with Crippen molar-refractivity contribution in [3.63, 3.8) is 0 Å². The largest absolute Gasteiger partial charge is 0.497 e. The lowest BCUT2D eigenvalue weighted by Crippen LogP contribution is -2.28. The summed E-state index contributed by atoms with van der Waals surface area (Å²) in [6.07, 6.45) is 3.71. The van der Waals surface area contributed by atoms with Gasteiger partial charge in [0.15, 0.2) is 0 Å². The predicted octanol–water partition coefficient (Wildman–Crippen LogP) is 3.25. The van der Waals surface area contributed by atoms with Crippen molar-refractivity contribution in [3.8, 4) is 11.5 Å². The molecule has 0 saturated carbocycles. The Morgan fingerprint density at radius 2 is 2.17 bits per heavy atom. The highest BCUT2D eigenvalue weighted by atomic mass is 16.5. The summed E-state index contributed by atoms with van der Waals surface area (Å²) >= 11 is 0. The van der Waals surface area contributed by atoms with Gasteiger partial charge in [-0.25, -0.2) is 0 Å². The smallest absolute Gasteiger partial charge is 0.223 e. The Hall–Kier alpha value is -2.43. The van der Waals surface area contributed by atoms with Crippen molar-refractivity contribution in [2.45, 2.75) is 25.2 Å². The van der Waals surface area contributed by atoms with Crippen LogP contribution in [-0.2, 0) is 11.2 Å². The summed E-state index contributed by atoms with van der Waals surface area (Å²) in [5.74, 6) is 2.98. The van der Waals surface area contributed by atoms with E-state index in [9.17, 15) is 4.79 Å². The molecule has 24 heavy (non-hydrogen) atoms. The first kappa shape index (κ1) is 16.4. The third-order valence-corrected chi connectivity index (χ3v) is 4.58. The molecule has 5 heteroatoms. The van der Waals surface area contributed by atoms with Crippen LogP contribution in [0.1, 0.15) is 30.1 Å². The van der Waals surface area contributed by atoms with Crippen molar-refractivity contribution in [1.29, 1.82) is 0 Å². The molecule has 1 fully saturated rings. The standard InChI is InChI=1S/C19H23NO4/c1-22-16-5-7-18(23-2)17(12-16)14-9-10-20(13-14)19(21)8-6-15-4-3-11-24-15/h3-5,7,11-12,14H,6,8-10,13H2,1-2H3. The zero-order valence-corrected chi connectivity index (χ0v) is 14.2. The average Bonchev–Trinajstić information content (AvgIpc) is 3.30. The lowest BCUT2D eigenvalue weighted by Gasteiger charge is -2.18. The molecular formula is C19H23NO4. The summed E-state index contributed by atoms with van der Waals surface area (Å²) < 4.78 is 16.1. The molecule has 1 aliphatic heterocycles. The van der Waals surface area contributed by atoms with Gasteiger partial charge in [-0.15, -0.1) is 0 Å². The number of hydrogen-bond acceptors (Lipinski definition) is 4. The van der Waals surface area contributed by atoms with Gasteiger partial charge >= 0.3 is 0 Å². The lowest BCUT2D eigenvalue weighted by molar-refractivity contribution is -0.130. The minimum atomic E-state index is 0.177. The average molecular weight is 329 g/mol. The monoisotopic (exact) mass is 329 g/mol. The molecule has 0 radical (unpaired) electrons. The molecule has 1 saturated heterocycles. The van der Waals surface area contributed by atoms with Gasteiger partial charge in [-0.05, 0) is 36.8 Å². The number of amides is 1. The van der Waals surface area contributed by atoms with Crippen molar-refractivity contribution in [3.05, 3.63) is 47.9 Å². The predicted molar refractivity (Wildman–Crippen MR) is 90.5 cm³/mol. The molecule has 128 valence electrons. The second-order valence-corrected chi connectivity index (χ2v) is 6.01. The molecule has 2 heterocycles. The fraction of sp³-hybridized carbons (Fsp3) is 0.421. The number of likely N-dealkylation sites (tertiary alicyclic amines) is 1. The number of ether oxygens (including phenoxy) is 2. The maximum Gasteiger partial charge on any atom is 0.223 e. The molecule has 0 bridgehead atoms. The summed E-state index contributed by atoms with van der Waals surface area (Å²) in [5, 5.41) is 0. The molecule has 2 aromatic rings. The van der Waals surface area contributed by atoms with Gasteiger partial charge in [-0.3, -0.25) is 4.79 Å². The molecule has 1 amide bonds. The van der Waals surface area contributed by atoms with Crippen LogP contribution < -0.4 is 9.47 Å². The Bertz CT molecular complexity index is 681. The maximum atomic E-state index is 12.4. The summed E-state index contributed by atoms with van der Waals surface area (Å²) in [6.45, 7) is 1.50. The molecular weight excluding hydrogens is 306 g/mol. The Morgan fingerprint density at radius 3 is 2.88 bits per heavy atom. The van der Waals surface area contributed by atoms with Gasteiger partial charge in [-0.1, -0.05) is 0 Å². The normalized spacial score (nSPS) is 17.1. The van der Waals surface area contributed by atoms with Crippen LogP contribution in [0.25, 0.3) is 0 Å². The van der Waals surface area contributed by atoms with Crippen molar-refractivity contribution in [1.82, 2.24) is 4.90 Å². The summed E-state index contributed by atoms with van der Waals surface area (Å²) in [4.78, 5) is 14.4. The van der Waals surface area contributed by atoms with E-state index in [-0.39, 0.29) is 11.8 Å². The number of rotatable bonds is 6. The van der Waals surface area contributed by atoms with Crippen LogP contribution in [0, 0.1) is 0 Å². The van der Waals surface area contributed by atoms with E-state index in [1.807, 2.05) is 35.2 Å². The highest BCUT2D eigenvalue weighted by Gasteiger charge is 2.29. The topological polar surface area (TPSA) is 51.9 Å². The highest BCUT2D eigenvalue weighted by molar-refractivity contribution is 5.76. The van der Waals surface area contributed by atoms with Crippen molar-refractivity contribution in [2.24, 2.45) is 0 Å². The van der Waals surface area contributed by atoms with Crippen molar-refractivity contribution in [2.75, 3.05) is 27.3 Å². The van der Waals surface area contributed by atoms with E-state index in [1.54, 1.807) is 20.5 Å². The first-order chi connectivity index (χ1) is 11.7. The van der Waals surface area contributed by atoms with E-state index < -0.39 is 0 Å². The van der Waals surface area contributed by atoms with E-state index in [2.05, 4.69) is 0 Å². The molecule has 1 unspecified atom stereocenters. The molecule has 0 aliphatic carbocycles. The highest BCUT2D eigenvalue weighted by Crippen LogP contribution is 2.36. The Balaban J connectivity index is 1.63. The number of nitrogens with zero attached hydrogens (tertiary/aromatic N) is 1. The Morgan fingerprint density at radius 1 is 1.29 bits per heavy atom. The quantitative estimate of drug-likeness (QED) is 0.816. The van der Waals surface area contributed by atoms with Crippen LogP contribution in [0.2, 0.25) is 0 Å². The van der Waals surface area contributed by atoms with Crippen molar-refractivity contribution >= 4 is 5.91 Å². The van der Waals surface area contributed by atoms with E-state index in [1.165, 1.54) is 0 Å². The molecule has 1 aromatic carbocycles. The van der Waals surface area contributed by atoms with E-state index in [0.717, 1.165) is 42.3 Å². The molecule has 3 rings (SSSR count). The van der Waals surface area contributed by atoms with E-state index in [0.29, 0.717) is 12.8 Å². The van der Waals surface area contributed by atoms with Crippen LogP contribution in [0.3, 0.4) is 0 Å². The van der Waals surface area contributed by atoms with Gasteiger partial charge in [0, 0.05) is 37.4 Å². The second kappa shape index (κ2) is 7.43. The molecule has 1 atom stereocenters. The van der Waals surface area contributed by atoms with Gasteiger partial charge in [0.2, 0.25) is 5.91 Å². The molecule has 5 nitrogen and oxygen atoms in total.